The molecule has 0 bridgehead atoms. The molecule has 1 aliphatic heterocycles. The summed E-state index contributed by atoms with van der Waals surface area (Å²) in [5.74, 6) is 0. The Labute approximate surface area is 77.0 Å². The number of hydrogen-bond donors (Lipinski definition) is 2. The Morgan fingerprint density at radius 1 is 1.54 bits per heavy atom. The molecule has 0 atom stereocenters. The third-order valence-corrected chi connectivity index (χ3v) is 1.87. The molecular weight excluding hydrogens is 174 g/mol. The summed E-state index contributed by atoms with van der Waals surface area (Å²) in [5, 5.41) is 11.1. The Morgan fingerprint density at radius 3 is 2.85 bits per heavy atom. The lowest BCUT2D eigenvalue weighted by Crippen LogP contribution is -2.39. The zero-order chi connectivity index (χ0) is 9.52. The number of carbonyl (C=O) groups excluding carboxylic acids is 1. The predicted octanol–water partition coefficient (Wildman–Crippen LogP) is -0.116. The van der Waals surface area contributed by atoms with Crippen LogP contribution < -0.4 is 5.32 Å². The van der Waals surface area contributed by atoms with Crippen LogP contribution >= 0.6 is 0 Å². The summed E-state index contributed by atoms with van der Waals surface area (Å²) < 4.78 is 9.78. The Bertz CT molecular complexity index is 156. The number of alkyl carbamates (subject to hydrolysis) is 1. The van der Waals surface area contributed by atoms with Crippen molar-refractivity contribution < 1.29 is 19.4 Å². The van der Waals surface area contributed by atoms with Gasteiger partial charge in [-0.15, -0.1) is 0 Å². The number of ether oxygens (including phenoxy) is 2. The molecule has 13 heavy (non-hydrogen) atoms. The Balaban J connectivity index is 2.11. The van der Waals surface area contributed by atoms with Crippen LogP contribution in [0.2, 0.25) is 0 Å². The summed E-state index contributed by atoms with van der Waals surface area (Å²) in [6, 6.07) is 0.153. The van der Waals surface area contributed by atoms with Crippen molar-refractivity contribution in [3.63, 3.8) is 0 Å². The van der Waals surface area contributed by atoms with Gasteiger partial charge in [0.25, 0.3) is 0 Å². The van der Waals surface area contributed by atoms with Crippen LogP contribution in [0.15, 0.2) is 0 Å². The average molecular weight is 189 g/mol. The van der Waals surface area contributed by atoms with Crippen LogP contribution in [0.1, 0.15) is 12.8 Å². The first-order valence-electron chi connectivity index (χ1n) is 4.45. The van der Waals surface area contributed by atoms with Gasteiger partial charge in [-0.3, -0.25) is 0 Å². The lowest BCUT2D eigenvalue weighted by Gasteiger charge is -2.22. The van der Waals surface area contributed by atoms with E-state index < -0.39 is 6.09 Å². The van der Waals surface area contributed by atoms with Crippen LogP contribution in [0.5, 0.6) is 0 Å². The molecule has 2 N–H and O–H groups in total. The van der Waals surface area contributed by atoms with Crippen LogP contribution in [-0.4, -0.2) is 43.7 Å². The van der Waals surface area contributed by atoms with E-state index in [-0.39, 0.29) is 19.3 Å². The number of carbonyl (C=O) groups is 1. The molecule has 0 aliphatic carbocycles. The fraction of sp³-hybridized carbons (Fsp3) is 0.875. The zero-order valence-electron chi connectivity index (χ0n) is 7.49. The fourth-order valence-electron chi connectivity index (χ4n) is 1.19. The number of rotatable bonds is 3. The van der Waals surface area contributed by atoms with Crippen molar-refractivity contribution in [2.75, 3.05) is 26.4 Å². The first-order valence-corrected chi connectivity index (χ1v) is 4.45. The second kappa shape index (κ2) is 5.77. The standard InChI is InChI=1S/C8H15NO4/c10-3-6-13-8(11)9-7-1-4-12-5-2-7/h7,10H,1-6H2,(H,9,11). The molecule has 0 saturated carbocycles. The SMILES string of the molecule is O=C(NC1CCOCC1)OCCO. The van der Waals surface area contributed by atoms with Crippen LogP contribution in [0.4, 0.5) is 4.79 Å². The summed E-state index contributed by atoms with van der Waals surface area (Å²) in [5.41, 5.74) is 0. The van der Waals surface area contributed by atoms with E-state index in [0.717, 1.165) is 12.8 Å². The van der Waals surface area contributed by atoms with Crippen molar-refractivity contribution in [3.8, 4) is 0 Å². The first kappa shape index (κ1) is 10.3. The summed E-state index contributed by atoms with van der Waals surface area (Å²) >= 11 is 0. The summed E-state index contributed by atoms with van der Waals surface area (Å²) in [6.45, 7) is 1.28. The van der Waals surface area contributed by atoms with E-state index >= 15 is 0 Å². The van der Waals surface area contributed by atoms with Gasteiger partial charge in [-0.05, 0) is 12.8 Å². The highest BCUT2D eigenvalue weighted by Crippen LogP contribution is 2.05. The molecular formula is C8H15NO4. The van der Waals surface area contributed by atoms with Crippen molar-refractivity contribution >= 4 is 6.09 Å². The van der Waals surface area contributed by atoms with E-state index in [4.69, 9.17) is 9.84 Å². The van der Waals surface area contributed by atoms with Crippen molar-refractivity contribution in [1.82, 2.24) is 5.32 Å². The van der Waals surface area contributed by atoms with Gasteiger partial charge in [-0.25, -0.2) is 4.79 Å². The molecule has 0 aromatic rings. The zero-order valence-corrected chi connectivity index (χ0v) is 7.49. The van der Waals surface area contributed by atoms with Gasteiger partial charge in [-0.1, -0.05) is 0 Å². The quantitative estimate of drug-likeness (QED) is 0.649. The molecule has 5 nitrogen and oxygen atoms in total. The maximum absolute atomic E-state index is 11.0. The van der Waals surface area contributed by atoms with Crippen LogP contribution in [-0.2, 0) is 9.47 Å². The minimum atomic E-state index is -0.457. The summed E-state index contributed by atoms with van der Waals surface area (Å²) in [4.78, 5) is 11.0. The number of amides is 1. The van der Waals surface area contributed by atoms with Gasteiger partial charge in [0.2, 0.25) is 0 Å². The van der Waals surface area contributed by atoms with Gasteiger partial charge in [0, 0.05) is 19.3 Å². The molecule has 1 saturated heterocycles. The normalized spacial score (nSPS) is 18.2. The topological polar surface area (TPSA) is 67.8 Å². The Kier molecular flexibility index (Phi) is 4.56. The van der Waals surface area contributed by atoms with Crippen LogP contribution in [0.25, 0.3) is 0 Å². The lowest BCUT2D eigenvalue weighted by atomic mass is 10.1. The Hall–Kier alpha value is -0.810. The predicted molar refractivity (Wildman–Crippen MR) is 45.4 cm³/mol. The molecule has 1 amide bonds. The molecule has 1 fully saturated rings. The smallest absolute Gasteiger partial charge is 0.407 e. The van der Waals surface area contributed by atoms with Gasteiger partial charge < -0.3 is 19.9 Å². The number of aliphatic hydroxyl groups is 1. The summed E-state index contributed by atoms with van der Waals surface area (Å²) in [7, 11) is 0. The molecule has 1 rings (SSSR count). The Morgan fingerprint density at radius 2 is 2.23 bits per heavy atom. The van der Waals surface area contributed by atoms with Crippen molar-refractivity contribution in [2.45, 2.75) is 18.9 Å². The highest BCUT2D eigenvalue weighted by Gasteiger charge is 2.16. The van der Waals surface area contributed by atoms with E-state index in [1.165, 1.54) is 0 Å². The van der Waals surface area contributed by atoms with Gasteiger partial charge in [-0.2, -0.15) is 0 Å². The van der Waals surface area contributed by atoms with Gasteiger partial charge in [0.1, 0.15) is 6.61 Å². The van der Waals surface area contributed by atoms with E-state index in [1.54, 1.807) is 0 Å². The number of aliphatic hydroxyl groups excluding tert-OH is 1. The van der Waals surface area contributed by atoms with Crippen molar-refractivity contribution in [1.29, 1.82) is 0 Å². The molecule has 76 valence electrons. The molecule has 5 heteroatoms. The fourth-order valence-corrected chi connectivity index (χ4v) is 1.19. The average Bonchev–Trinajstić information content (AvgIpc) is 2.16. The van der Waals surface area contributed by atoms with Crippen molar-refractivity contribution in [2.24, 2.45) is 0 Å². The van der Waals surface area contributed by atoms with E-state index in [9.17, 15) is 4.79 Å². The molecule has 0 aromatic heterocycles. The largest absolute Gasteiger partial charge is 0.447 e. The molecule has 0 aromatic carbocycles. The molecule has 1 aliphatic rings. The second-order valence-electron chi connectivity index (χ2n) is 2.89. The highest BCUT2D eigenvalue weighted by atomic mass is 16.6. The highest BCUT2D eigenvalue weighted by molar-refractivity contribution is 5.67. The monoisotopic (exact) mass is 189 g/mol. The minimum Gasteiger partial charge on any atom is -0.447 e. The van der Waals surface area contributed by atoms with E-state index in [1.807, 2.05) is 0 Å². The third-order valence-electron chi connectivity index (χ3n) is 1.87. The van der Waals surface area contributed by atoms with Gasteiger partial charge >= 0.3 is 6.09 Å². The lowest BCUT2D eigenvalue weighted by molar-refractivity contribution is 0.0706. The second-order valence-corrected chi connectivity index (χ2v) is 2.89. The molecule has 0 spiro atoms. The summed E-state index contributed by atoms with van der Waals surface area (Å²) in [6.07, 6.45) is 1.20. The molecule has 1 heterocycles. The van der Waals surface area contributed by atoms with Gasteiger partial charge in [0.15, 0.2) is 0 Å². The van der Waals surface area contributed by atoms with Gasteiger partial charge in [0.05, 0.1) is 6.61 Å². The maximum Gasteiger partial charge on any atom is 0.407 e. The maximum atomic E-state index is 11.0. The van der Waals surface area contributed by atoms with E-state index in [2.05, 4.69) is 10.1 Å². The molecule has 0 unspecified atom stereocenters. The number of hydrogen-bond acceptors (Lipinski definition) is 4. The third kappa shape index (κ3) is 4.10. The molecule has 0 radical (unpaired) electrons. The van der Waals surface area contributed by atoms with Crippen LogP contribution in [0.3, 0.4) is 0 Å². The van der Waals surface area contributed by atoms with E-state index in [0.29, 0.717) is 13.2 Å². The van der Waals surface area contributed by atoms with Crippen LogP contribution in [0, 0.1) is 0 Å². The number of nitrogens with one attached hydrogen (secondary N) is 1. The minimum absolute atomic E-state index is 0.0506. The first-order chi connectivity index (χ1) is 6.33. The van der Waals surface area contributed by atoms with Crippen molar-refractivity contribution in [3.05, 3.63) is 0 Å².